The molecular weight excluding hydrogens is 303 g/mol. The van der Waals surface area contributed by atoms with Crippen molar-refractivity contribution in [2.45, 2.75) is 52.7 Å². The van der Waals surface area contributed by atoms with Gasteiger partial charge in [0.1, 0.15) is 0 Å². The van der Waals surface area contributed by atoms with Crippen molar-refractivity contribution in [2.75, 3.05) is 13.1 Å². The number of hydrogen-bond donors (Lipinski definition) is 1. The van der Waals surface area contributed by atoms with E-state index >= 15 is 0 Å². The Morgan fingerprint density at radius 1 is 1.24 bits per heavy atom. The zero-order valence-electron chi connectivity index (χ0n) is 13.6. The molecule has 1 heterocycles. The maximum atomic E-state index is 6.36. The molecule has 2 rings (SSSR count). The average molecular weight is 329 g/mol. The normalized spacial score (nSPS) is 23.3. The largest absolute Gasteiger partial charge is 0.309 e. The van der Waals surface area contributed by atoms with Crippen molar-refractivity contribution in [3.05, 3.63) is 33.8 Å². The van der Waals surface area contributed by atoms with E-state index in [-0.39, 0.29) is 11.0 Å². The number of nitrogens with one attached hydrogen (secondary N) is 1. The zero-order chi connectivity index (χ0) is 15.8. The number of piperazine rings is 1. The van der Waals surface area contributed by atoms with Crippen LogP contribution in [0.1, 0.15) is 40.2 Å². The summed E-state index contributed by atoms with van der Waals surface area (Å²) >= 11 is 12.7. The van der Waals surface area contributed by atoms with Gasteiger partial charge in [-0.2, -0.15) is 0 Å². The first-order valence-electron chi connectivity index (χ1n) is 7.52. The van der Waals surface area contributed by atoms with Gasteiger partial charge in [0, 0.05) is 46.8 Å². The molecule has 0 aliphatic carbocycles. The molecule has 0 amide bonds. The van der Waals surface area contributed by atoms with E-state index < -0.39 is 0 Å². The van der Waals surface area contributed by atoms with Gasteiger partial charge >= 0.3 is 0 Å². The van der Waals surface area contributed by atoms with Crippen LogP contribution in [0.15, 0.2) is 18.2 Å². The molecule has 1 aromatic carbocycles. The van der Waals surface area contributed by atoms with Crippen LogP contribution in [0.4, 0.5) is 0 Å². The number of hydrogen-bond acceptors (Lipinski definition) is 2. The minimum absolute atomic E-state index is 0.107. The standard InChI is InChI=1S/C17H26Cl2N2/c1-16(2,3)15-9-20-17(4,5)11-21(15)10-12-13(18)7-6-8-14(12)19/h6-8,15,20H,9-11H2,1-5H3. The quantitative estimate of drug-likeness (QED) is 0.853. The van der Waals surface area contributed by atoms with E-state index in [0.29, 0.717) is 6.04 Å². The van der Waals surface area contributed by atoms with Gasteiger partial charge in [-0.3, -0.25) is 4.90 Å². The fourth-order valence-electron chi connectivity index (χ4n) is 3.08. The van der Waals surface area contributed by atoms with Crippen molar-refractivity contribution in [3.8, 4) is 0 Å². The molecule has 2 nitrogen and oxygen atoms in total. The van der Waals surface area contributed by atoms with Crippen molar-refractivity contribution in [3.63, 3.8) is 0 Å². The average Bonchev–Trinajstić information content (AvgIpc) is 2.31. The molecule has 0 aromatic heterocycles. The molecular formula is C17H26Cl2N2. The summed E-state index contributed by atoms with van der Waals surface area (Å²) in [5, 5.41) is 5.16. The van der Waals surface area contributed by atoms with Gasteiger partial charge in [-0.25, -0.2) is 0 Å². The van der Waals surface area contributed by atoms with Crippen molar-refractivity contribution >= 4 is 23.2 Å². The van der Waals surface area contributed by atoms with Gasteiger partial charge in [0.25, 0.3) is 0 Å². The van der Waals surface area contributed by atoms with Crippen LogP contribution >= 0.6 is 23.2 Å². The maximum absolute atomic E-state index is 6.36. The fourth-order valence-corrected chi connectivity index (χ4v) is 3.60. The molecule has 4 heteroatoms. The molecule has 0 spiro atoms. The summed E-state index contributed by atoms with van der Waals surface area (Å²) in [5.41, 5.74) is 1.35. The van der Waals surface area contributed by atoms with Crippen LogP contribution in [0.5, 0.6) is 0 Å². The van der Waals surface area contributed by atoms with Gasteiger partial charge in [-0.15, -0.1) is 0 Å². The second kappa shape index (κ2) is 6.08. The Bertz CT molecular complexity index is 486. The van der Waals surface area contributed by atoms with E-state index in [4.69, 9.17) is 23.2 Å². The highest BCUT2D eigenvalue weighted by atomic mass is 35.5. The van der Waals surface area contributed by atoms with Gasteiger partial charge in [0.2, 0.25) is 0 Å². The van der Waals surface area contributed by atoms with Crippen LogP contribution in [-0.2, 0) is 6.54 Å². The van der Waals surface area contributed by atoms with E-state index in [9.17, 15) is 0 Å². The lowest BCUT2D eigenvalue weighted by atomic mass is 9.82. The molecule has 1 N–H and O–H groups in total. The summed E-state index contributed by atoms with van der Waals surface area (Å²) in [6, 6.07) is 6.19. The SMILES string of the molecule is CC1(C)CN(Cc2c(Cl)cccc2Cl)C(C(C)(C)C)CN1. The van der Waals surface area contributed by atoms with Gasteiger partial charge in [-0.1, -0.05) is 50.0 Å². The Labute approximate surface area is 138 Å². The van der Waals surface area contributed by atoms with Gasteiger partial charge < -0.3 is 5.32 Å². The lowest BCUT2D eigenvalue weighted by molar-refractivity contribution is 0.0272. The molecule has 1 saturated heterocycles. The van der Waals surface area contributed by atoms with Crippen molar-refractivity contribution < 1.29 is 0 Å². The lowest BCUT2D eigenvalue weighted by Gasteiger charge is -2.49. The fraction of sp³-hybridized carbons (Fsp3) is 0.647. The van der Waals surface area contributed by atoms with E-state index in [1.807, 2.05) is 18.2 Å². The lowest BCUT2D eigenvalue weighted by Crippen LogP contribution is -2.64. The van der Waals surface area contributed by atoms with Gasteiger partial charge in [-0.05, 0) is 31.4 Å². The first-order chi connectivity index (χ1) is 9.60. The van der Waals surface area contributed by atoms with E-state index in [2.05, 4.69) is 44.8 Å². The molecule has 1 aromatic rings. The summed E-state index contributed by atoms with van der Waals surface area (Å²) < 4.78 is 0. The molecule has 0 radical (unpaired) electrons. The third-order valence-electron chi connectivity index (χ3n) is 4.24. The monoisotopic (exact) mass is 328 g/mol. The van der Waals surface area contributed by atoms with Crippen molar-refractivity contribution in [1.29, 1.82) is 0 Å². The summed E-state index contributed by atoms with van der Waals surface area (Å²) in [6.07, 6.45) is 0. The maximum Gasteiger partial charge on any atom is 0.0465 e. The highest BCUT2D eigenvalue weighted by molar-refractivity contribution is 6.35. The van der Waals surface area contributed by atoms with Crippen LogP contribution in [0.25, 0.3) is 0 Å². The second-order valence-corrected chi connectivity index (χ2v) is 8.57. The predicted octanol–water partition coefficient (Wildman–Crippen LogP) is 4.59. The third-order valence-corrected chi connectivity index (χ3v) is 4.94. The molecule has 118 valence electrons. The molecule has 21 heavy (non-hydrogen) atoms. The van der Waals surface area contributed by atoms with Crippen molar-refractivity contribution in [1.82, 2.24) is 10.2 Å². The van der Waals surface area contributed by atoms with Crippen LogP contribution in [0.3, 0.4) is 0 Å². The highest BCUT2D eigenvalue weighted by Gasteiger charge is 2.38. The Kier molecular flexibility index (Phi) is 4.94. The summed E-state index contributed by atoms with van der Waals surface area (Å²) in [7, 11) is 0. The van der Waals surface area contributed by atoms with Gasteiger partial charge in [0.15, 0.2) is 0 Å². The second-order valence-electron chi connectivity index (χ2n) is 7.75. The Hall–Kier alpha value is -0.280. The predicted molar refractivity (Wildman–Crippen MR) is 92.2 cm³/mol. The summed E-state index contributed by atoms with van der Waals surface area (Å²) in [4.78, 5) is 2.52. The molecule has 1 atom stereocenters. The Morgan fingerprint density at radius 2 is 1.81 bits per heavy atom. The number of halogens is 2. The number of benzene rings is 1. The van der Waals surface area contributed by atoms with Crippen LogP contribution in [0, 0.1) is 5.41 Å². The molecule has 1 aliphatic rings. The molecule has 0 saturated carbocycles. The van der Waals surface area contributed by atoms with E-state index in [1.54, 1.807) is 0 Å². The molecule has 1 fully saturated rings. The zero-order valence-corrected chi connectivity index (χ0v) is 15.1. The number of nitrogens with zero attached hydrogens (tertiary/aromatic N) is 1. The Balaban J connectivity index is 2.28. The number of rotatable bonds is 2. The Morgan fingerprint density at radius 3 is 2.33 bits per heavy atom. The topological polar surface area (TPSA) is 15.3 Å². The van der Waals surface area contributed by atoms with Crippen LogP contribution < -0.4 is 5.32 Å². The van der Waals surface area contributed by atoms with Crippen LogP contribution in [0.2, 0.25) is 10.0 Å². The molecule has 1 aliphatic heterocycles. The first-order valence-corrected chi connectivity index (χ1v) is 8.28. The van der Waals surface area contributed by atoms with Crippen molar-refractivity contribution in [2.24, 2.45) is 5.41 Å². The minimum atomic E-state index is 0.107. The minimum Gasteiger partial charge on any atom is -0.309 e. The van der Waals surface area contributed by atoms with E-state index in [0.717, 1.165) is 35.2 Å². The first kappa shape index (κ1) is 17.1. The summed E-state index contributed by atoms with van der Waals surface area (Å²) in [6.45, 7) is 14.1. The smallest absolute Gasteiger partial charge is 0.0465 e. The molecule has 0 bridgehead atoms. The van der Waals surface area contributed by atoms with Gasteiger partial charge in [0.05, 0.1) is 0 Å². The third kappa shape index (κ3) is 4.13. The van der Waals surface area contributed by atoms with Crippen LogP contribution in [-0.4, -0.2) is 29.6 Å². The van der Waals surface area contributed by atoms with E-state index in [1.165, 1.54) is 0 Å². The molecule has 1 unspecified atom stereocenters. The highest BCUT2D eigenvalue weighted by Crippen LogP contribution is 2.33. The summed E-state index contributed by atoms with van der Waals surface area (Å²) in [5.74, 6) is 0.